The zero-order valence-electron chi connectivity index (χ0n) is 16.5. The molecule has 0 aromatic heterocycles. The van der Waals surface area contributed by atoms with Gasteiger partial charge in [-0.25, -0.2) is 22.0 Å². The second kappa shape index (κ2) is 8.79. The first kappa shape index (κ1) is 22.6. The monoisotopic (exact) mass is 431 g/mol. The predicted octanol–water partition coefficient (Wildman–Crippen LogP) is 1.58. The van der Waals surface area contributed by atoms with Crippen molar-refractivity contribution in [2.24, 2.45) is 11.1 Å². The third-order valence-electron chi connectivity index (χ3n) is 5.18. The van der Waals surface area contributed by atoms with Crippen LogP contribution in [0.25, 0.3) is 0 Å². The highest BCUT2D eigenvalue weighted by Crippen LogP contribution is 2.27. The first-order valence-electron chi connectivity index (χ1n) is 9.39. The maximum absolute atomic E-state index is 12.5. The number of nitrogens with zero attached hydrogens (tertiary/aromatic N) is 1. The lowest BCUT2D eigenvalue weighted by Crippen LogP contribution is -2.44. The smallest absolute Gasteiger partial charge is 0.238 e. The van der Waals surface area contributed by atoms with Crippen LogP contribution in [-0.4, -0.2) is 53.0 Å². The minimum Gasteiger partial charge on any atom is -0.381 e. The fourth-order valence-electron chi connectivity index (χ4n) is 3.47. The van der Waals surface area contributed by atoms with E-state index in [2.05, 4.69) is 5.32 Å². The molecule has 1 heterocycles. The number of carbonyl (C=O) groups is 1. The van der Waals surface area contributed by atoms with Gasteiger partial charge in [0, 0.05) is 31.3 Å². The molecule has 0 spiro atoms. The molecule has 28 heavy (non-hydrogen) atoms. The topological polar surface area (TPSA) is 127 Å². The Morgan fingerprint density at radius 2 is 1.75 bits per heavy atom. The highest BCUT2D eigenvalue weighted by atomic mass is 32.2. The van der Waals surface area contributed by atoms with Crippen LogP contribution in [0.1, 0.15) is 39.5 Å². The van der Waals surface area contributed by atoms with Crippen LogP contribution in [0.2, 0.25) is 0 Å². The highest BCUT2D eigenvalue weighted by Gasteiger charge is 2.27. The number of hydrogen-bond acceptors (Lipinski definition) is 6. The van der Waals surface area contributed by atoms with Crippen molar-refractivity contribution in [3.05, 3.63) is 18.2 Å². The van der Waals surface area contributed by atoms with E-state index in [-0.39, 0.29) is 27.7 Å². The fourth-order valence-corrected chi connectivity index (χ4v) is 4.95. The van der Waals surface area contributed by atoms with Crippen LogP contribution >= 0.6 is 0 Å². The van der Waals surface area contributed by atoms with Crippen LogP contribution in [0.3, 0.4) is 0 Å². The lowest BCUT2D eigenvalue weighted by molar-refractivity contribution is -0.136. The number of sulfone groups is 1. The number of primary sulfonamides is 1. The molecule has 0 bridgehead atoms. The van der Waals surface area contributed by atoms with E-state index in [1.807, 2.05) is 18.7 Å². The van der Waals surface area contributed by atoms with E-state index in [0.29, 0.717) is 31.6 Å². The Balaban J connectivity index is 2.14. The summed E-state index contributed by atoms with van der Waals surface area (Å²) >= 11 is 0. The Labute approximate surface area is 167 Å². The molecular weight excluding hydrogens is 402 g/mol. The van der Waals surface area contributed by atoms with Crippen molar-refractivity contribution in [1.29, 1.82) is 0 Å². The van der Waals surface area contributed by atoms with Crippen molar-refractivity contribution in [3.8, 4) is 0 Å². The van der Waals surface area contributed by atoms with Gasteiger partial charge < -0.3 is 10.2 Å². The molecular formula is C18H29N3O5S2. The lowest BCUT2D eigenvalue weighted by Gasteiger charge is -2.35. The molecule has 0 unspecified atom stereocenters. The summed E-state index contributed by atoms with van der Waals surface area (Å²) in [5, 5.41) is 8.31. The maximum Gasteiger partial charge on any atom is 0.238 e. The number of hydrogen-bond donors (Lipinski definition) is 2. The molecule has 1 amide bonds. The Morgan fingerprint density at radius 1 is 1.18 bits per heavy atom. The molecule has 2 rings (SSSR count). The van der Waals surface area contributed by atoms with Gasteiger partial charge in [-0.2, -0.15) is 0 Å². The van der Waals surface area contributed by atoms with Gasteiger partial charge in [-0.1, -0.05) is 13.8 Å². The third kappa shape index (κ3) is 5.45. The molecule has 0 aliphatic carbocycles. The van der Waals surface area contributed by atoms with Crippen molar-refractivity contribution in [2.75, 3.05) is 24.7 Å². The van der Waals surface area contributed by atoms with E-state index >= 15 is 0 Å². The molecule has 1 fully saturated rings. The van der Waals surface area contributed by atoms with Crippen molar-refractivity contribution < 1.29 is 21.6 Å². The quantitative estimate of drug-likeness (QED) is 0.675. The number of nitrogens with two attached hydrogens (primary N) is 1. The number of likely N-dealkylation sites (tertiary alicyclic amines) is 1. The Kier molecular flexibility index (Phi) is 7.11. The Morgan fingerprint density at radius 3 is 2.21 bits per heavy atom. The number of nitrogens with one attached hydrogen (secondary N) is 1. The number of amides is 1. The second-order valence-corrected chi connectivity index (χ2v) is 10.8. The number of sulfonamides is 1. The standard InChI is InChI=1S/C18H29N3O5S2/c1-4-13(5-2)18(22)21-10-8-14(9-11-21)20-16-7-6-15(28(19,25)26)12-17(16)27(3,23)24/h6-7,12-14,20H,4-5,8-11H2,1-3H3,(H2,19,25,26). The van der Waals surface area contributed by atoms with Gasteiger partial charge >= 0.3 is 0 Å². The first-order valence-corrected chi connectivity index (χ1v) is 12.8. The van der Waals surface area contributed by atoms with Gasteiger partial charge in [-0.05, 0) is 43.9 Å². The minimum atomic E-state index is -4.00. The van der Waals surface area contributed by atoms with E-state index in [1.165, 1.54) is 12.1 Å². The number of rotatable bonds is 7. The molecule has 1 aliphatic rings. The molecule has 1 aromatic carbocycles. The fraction of sp³-hybridized carbons (Fsp3) is 0.611. The summed E-state index contributed by atoms with van der Waals surface area (Å²) in [4.78, 5) is 14.0. The largest absolute Gasteiger partial charge is 0.381 e. The molecule has 158 valence electrons. The van der Waals surface area contributed by atoms with Gasteiger partial charge in [-0.3, -0.25) is 4.79 Å². The number of piperidine rings is 1. The van der Waals surface area contributed by atoms with E-state index < -0.39 is 19.9 Å². The van der Waals surface area contributed by atoms with Gasteiger partial charge in [0.15, 0.2) is 9.84 Å². The molecule has 1 aromatic rings. The zero-order valence-corrected chi connectivity index (χ0v) is 18.1. The van der Waals surface area contributed by atoms with Crippen molar-refractivity contribution >= 4 is 31.5 Å². The van der Waals surface area contributed by atoms with Crippen LogP contribution in [0.15, 0.2) is 28.0 Å². The molecule has 1 aliphatic heterocycles. The third-order valence-corrected chi connectivity index (χ3v) is 7.23. The molecule has 0 atom stereocenters. The van der Waals surface area contributed by atoms with Gasteiger partial charge in [0.2, 0.25) is 15.9 Å². The van der Waals surface area contributed by atoms with E-state index in [0.717, 1.165) is 25.2 Å². The van der Waals surface area contributed by atoms with E-state index in [4.69, 9.17) is 5.14 Å². The lowest BCUT2D eigenvalue weighted by atomic mass is 9.98. The average Bonchev–Trinajstić information content (AvgIpc) is 2.61. The molecule has 0 saturated carbocycles. The van der Waals surface area contributed by atoms with Crippen LogP contribution in [0.5, 0.6) is 0 Å². The van der Waals surface area contributed by atoms with Crippen molar-refractivity contribution in [3.63, 3.8) is 0 Å². The summed E-state index contributed by atoms with van der Waals surface area (Å²) in [7, 11) is -7.66. The summed E-state index contributed by atoms with van der Waals surface area (Å²) in [6.07, 6.45) is 4.04. The summed E-state index contributed by atoms with van der Waals surface area (Å²) in [6, 6.07) is 3.79. The highest BCUT2D eigenvalue weighted by molar-refractivity contribution is 7.91. The Hall–Kier alpha value is -1.65. The van der Waals surface area contributed by atoms with Crippen LogP contribution in [0, 0.1) is 5.92 Å². The predicted molar refractivity (Wildman–Crippen MR) is 108 cm³/mol. The first-order chi connectivity index (χ1) is 13.0. The van der Waals surface area contributed by atoms with Gasteiger partial charge in [-0.15, -0.1) is 0 Å². The van der Waals surface area contributed by atoms with E-state index in [1.54, 1.807) is 0 Å². The van der Waals surface area contributed by atoms with Gasteiger partial charge in [0.1, 0.15) is 0 Å². The van der Waals surface area contributed by atoms with Crippen LogP contribution in [0.4, 0.5) is 5.69 Å². The SMILES string of the molecule is CCC(CC)C(=O)N1CCC(Nc2ccc(S(N)(=O)=O)cc2S(C)(=O)=O)CC1. The molecule has 10 heteroatoms. The van der Waals surface area contributed by atoms with Gasteiger partial charge in [0.25, 0.3) is 0 Å². The average molecular weight is 432 g/mol. The number of carbonyl (C=O) groups excluding carboxylic acids is 1. The zero-order chi connectivity index (χ0) is 21.1. The Bertz CT molecular complexity index is 917. The molecule has 8 nitrogen and oxygen atoms in total. The van der Waals surface area contributed by atoms with E-state index in [9.17, 15) is 21.6 Å². The summed E-state index contributed by atoms with van der Waals surface area (Å²) in [6.45, 7) is 5.24. The normalized spacial score (nSPS) is 16.4. The van der Waals surface area contributed by atoms with Crippen molar-refractivity contribution in [1.82, 2.24) is 4.90 Å². The van der Waals surface area contributed by atoms with Crippen LogP contribution in [-0.2, 0) is 24.7 Å². The summed E-state index contributed by atoms with van der Waals surface area (Å²) in [5.41, 5.74) is 0.347. The summed E-state index contributed by atoms with van der Waals surface area (Å²) < 4.78 is 47.3. The molecule has 0 radical (unpaired) electrons. The number of anilines is 1. The van der Waals surface area contributed by atoms with Gasteiger partial charge in [0.05, 0.1) is 15.5 Å². The summed E-state index contributed by atoms with van der Waals surface area (Å²) in [5.74, 6) is 0.227. The minimum absolute atomic E-state index is 0.00779. The van der Waals surface area contributed by atoms with Crippen molar-refractivity contribution in [2.45, 2.75) is 55.4 Å². The second-order valence-electron chi connectivity index (χ2n) is 7.23. The maximum atomic E-state index is 12.5. The molecule has 1 saturated heterocycles. The van der Waals surface area contributed by atoms with Crippen LogP contribution < -0.4 is 10.5 Å². The number of benzene rings is 1. The molecule has 3 N–H and O–H groups in total.